The van der Waals surface area contributed by atoms with Gasteiger partial charge in [-0.1, -0.05) is 6.07 Å². The maximum atomic E-state index is 13.2. The number of amides is 4. The Morgan fingerprint density at radius 2 is 1.56 bits per heavy atom. The van der Waals surface area contributed by atoms with Crippen LogP contribution in [0.3, 0.4) is 0 Å². The average molecular weight is 473 g/mol. The SMILES string of the molecule is COc1ccc(CC(NC(C)=O)C(=O)N2CCN(C(=O)Nc3ccc(F)cc3)CC2)cc1OC. The summed E-state index contributed by atoms with van der Waals surface area (Å²) in [7, 11) is 3.07. The smallest absolute Gasteiger partial charge is 0.321 e. The van der Waals surface area contributed by atoms with Gasteiger partial charge in [0.2, 0.25) is 11.8 Å². The predicted octanol–water partition coefficient (Wildman–Crippen LogP) is 2.27. The van der Waals surface area contributed by atoms with Gasteiger partial charge in [-0.05, 0) is 42.0 Å². The van der Waals surface area contributed by atoms with Crippen molar-refractivity contribution in [3.8, 4) is 11.5 Å². The lowest BCUT2D eigenvalue weighted by Crippen LogP contribution is -2.56. The number of benzene rings is 2. The predicted molar refractivity (Wildman–Crippen MR) is 124 cm³/mol. The van der Waals surface area contributed by atoms with Crippen molar-refractivity contribution in [3.63, 3.8) is 0 Å². The molecule has 1 unspecified atom stereocenters. The Balaban J connectivity index is 1.61. The number of urea groups is 1. The third-order valence-corrected chi connectivity index (χ3v) is 5.54. The molecule has 0 bridgehead atoms. The maximum Gasteiger partial charge on any atom is 0.321 e. The maximum absolute atomic E-state index is 13.2. The number of nitrogens with one attached hydrogen (secondary N) is 2. The van der Waals surface area contributed by atoms with E-state index in [1.807, 2.05) is 6.07 Å². The first kappa shape index (κ1) is 24.8. The van der Waals surface area contributed by atoms with Gasteiger partial charge in [0.05, 0.1) is 14.2 Å². The van der Waals surface area contributed by atoms with Gasteiger partial charge in [0, 0.05) is 45.2 Å². The lowest BCUT2D eigenvalue weighted by atomic mass is 10.0. The van der Waals surface area contributed by atoms with Crippen LogP contribution in [0.4, 0.5) is 14.9 Å². The van der Waals surface area contributed by atoms with Crippen molar-refractivity contribution < 1.29 is 28.2 Å². The molecule has 1 heterocycles. The zero-order chi connectivity index (χ0) is 24.7. The molecule has 1 saturated heterocycles. The number of hydrogen-bond donors (Lipinski definition) is 2. The number of piperazine rings is 1. The van der Waals surface area contributed by atoms with Crippen LogP contribution in [-0.4, -0.2) is 74.1 Å². The number of anilines is 1. The summed E-state index contributed by atoms with van der Waals surface area (Å²) in [6, 6.07) is 9.79. The second-order valence-corrected chi connectivity index (χ2v) is 7.90. The molecule has 1 aliphatic heterocycles. The quantitative estimate of drug-likeness (QED) is 0.644. The summed E-state index contributed by atoms with van der Waals surface area (Å²) in [5.74, 6) is 0.199. The molecule has 2 aromatic carbocycles. The van der Waals surface area contributed by atoms with Gasteiger partial charge in [-0.2, -0.15) is 0 Å². The highest BCUT2D eigenvalue weighted by atomic mass is 19.1. The fraction of sp³-hybridized carbons (Fsp3) is 0.375. The first-order chi connectivity index (χ1) is 16.3. The van der Waals surface area contributed by atoms with Crippen molar-refractivity contribution in [2.75, 3.05) is 45.7 Å². The van der Waals surface area contributed by atoms with Gasteiger partial charge >= 0.3 is 6.03 Å². The molecule has 9 nitrogen and oxygen atoms in total. The molecule has 182 valence electrons. The van der Waals surface area contributed by atoms with Gasteiger partial charge in [0.25, 0.3) is 0 Å². The minimum atomic E-state index is -0.754. The van der Waals surface area contributed by atoms with Gasteiger partial charge in [0.15, 0.2) is 11.5 Å². The van der Waals surface area contributed by atoms with E-state index < -0.39 is 6.04 Å². The van der Waals surface area contributed by atoms with Crippen LogP contribution in [0.15, 0.2) is 42.5 Å². The molecule has 0 saturated carbocycles. The highest BCUT2D eigenvalue weighted by Crippen LogP contribution is 2.28. The number of ether oxygens (including phenoxy) is 2. The first-order valence-corrected chi connectivity index (χ1v) is 10.9. The van der Waals surface area contributed by atoms with Crippen LogP contribution in [0.1, 0.15) is 12.5 Å². The molecule has 4 amide bonds. The molecule has 10 heteroatoms. The second-order valence-electron chi connectivity index (χ2n) is 7.90. The lowest BCUT2D eigenvalue weighted by Gasteiger charge is -2.36. The molecule has 0 aliphatic carbocycles. The zero-order valence-electron chi connectivity index (χ0n) is 19.5. The number of nitrogens with zero attached hydrogens (tertiary/aromatic N) is 2. The molecule has 2 aromatic rings. The summed E-state index contributed by atoms with van der Waals surface area (Å²) < 4.78 is 23.6. The lowest BCUT2D eigenvalue weighted by molar-refractivity contribution is -0.137. The Morgan fingerprint density at radius 1 is 0.941 bits per heavy atom. The van der Waals surface area contributed by atoms with E-state index in [1.54, 1.807) is 29.0 Å². The van der Waals surface area contributed by atoms with Crippen molar-refractivity contribution in [2.45, 2.75) is 19.4 Å². The van der Waals surface area contributed by atoms with E-state index in [2.05, 4.69) is 10.6 Å². The Labute approximate surface area is 197 Å². The summed E-state index contributed by atoms with van der Waals surface area (Å²) in [5.41, 5.74) is 1.30. The van der Waals surface area contributed by atoms with Gasteiger partial charge in [0.1, 0.15) is 11.9 Å². The van der Waals surface area contributed by atoms with Crippen molar-refractivity contribution in [1.82, 2.24) is 15.1 Å². The number of hydrogen-bond acceptors (Lipinski definition) is 5. The van der Waals surface area contributed by atoms with Crippen molar-refractivity contribution in [2.24, 2.45) is 0 Å². The van der Waals surface area contributed by atoms with Crippen LogP contribution in [0.5, 0.6) is 11.5 Å². The van der Waals surface area contributed by atoms with E-state index in [4.69, 9.17) is 9.47 Å². The minimum absolute atomic E-state index is 0.219. The van der Waals surface area contributed by atoms with Crippen LogP contribution >= 0.6 is 0 Å². The van der Waals surface area contributed by atoms with Gasteiger partial charge in [-0.3, -0.25) is 9.59 Å². The van der Waals surface area contributed by atoms with E-state index in [-0.39, 0.29) is 30.1 Å². The Bertz CT molecular complexity index is 1020. The first-order valence-electron chi connectivity index (χ1n) is 10.9. The molecule has 1 fully saturated rings. The Morgan fingerprint density at radius 3 is 2.15 bits per heavy atom. The van der Waals surface area contributed by atoms with Crippen LogP contribution < -0.4 is 20.1 Å². The van der Waals surface area contributed by atoms with Crippen LogP contribution in [-0.2, 0) is 16.0 Å². The molecule has 0 spiro atoms. The van der Waals surface area contributed by atoms with Crippen LogP contribution in [0.25, 0.3) is 0 Å². The molecular formula is C24H29FN4O5. The average Bonchev–Trinajstić information content (AvgIpc) is 2.84. The fourth-order valence-electron chi connectivity index (χ4n) is 3.77. The third kappa shape index (κ3) is 6.37. The summed E-state index contributed by atoms with van der Waals surface area (Å²) in [4.78, 5) is 40.7. The van der Waals surface area contributed by atoms with Crippen molar-refractivity contribution in [3.05, 3.63) is 53.8 Å². The topological polar surface area (TPSA) is 100 Å². The van der Waals surface area contributed by atoms with Crippen LogP contribution in [0, 0.1) is 5.82 Å². The Kier molecular flexibility index (Phi) is 8.29. The molecule has 1 aliphatic rings. The zero-order valence-corrected chi connectivity index (χ0v) is 19.5. The molecule has 3 rings (SSSR count). The highest BCUT2D eigenvalue weighted by Gasteiger charge is 2.30. The fourth-order valence-corrected chi connectivity index (χ4v) is 3.77. The van der Waals surface area contributed by atoms with Gasteiger partial charge in [-0.15, -0.1) is 0 Å². The summed E-state index contributed by atoms with van der Waals surface area (Å²) in [6.07, 6.45) is 0.282. The molecule has 2 N–H and O–H groups in total. The van der Waals surface area contributed by atoms with Gasteiger partial charge in [-0.25, -0.2) is 9.18 Å². The van der Waals surface area contributed by atoms with E-state index in [0.717, 1.165) is 5.56 Å². The van der Waals surface area contributed by atoms with E-state index >= 15 is 0 Å². The molecular weight excluding hydrogens is 443 g/mol. The standard InChI is InChI=1S/C24H29FN4O5/c1-16(30)26-20(14-17-4-9-21(33-2)22(15-17)34-3)23(31)28-10-12-29(13-11-28)24(32)27-19-7-5-18(25)6-8-19/h4-9,15,20H,10-14H2,1-3H3,(H,26,30)(H,27,32). The van der Waals surface area contributed by atoms with Crippen molar-refractivity contribution >= 4 is 23.5 Å². The highest BCUT2D eigenvalue weighted by molar-refractivity contribution is 5.90. The largest absolute Gasteiger partial charge is 0.493 e. The number of carbonyl (C=O) groups is 3. The van der Waals surface area contributed by atoms with E-state index in [0.29, 0.717) is 43.4 Å². The summed E-state index contributed by atoms with van der Waals surface area (Å²) in [5, 5.41) is 5.46. The number of halogens is 1. The summed E-state index contributed by atoms with van der Waals surface area (Å²) >= 11 is 0. The Hall–Kier alpha value is -3.82. The van der Waals surface area contributed by atoms with Crippen LogP contribution in [0.2, 0.25) is 0 Å². The molecule has 34 heavy (non-hydrogen) atoms. The normalized spacial score (nSPS) is 14.2. The molecule has 1 atom stereocenters. The molecule has 0 aromatic heterocycles. The number of carbonyl (C=O) groups excluding carboxylic acids is 3. The third-order valence-electron chi connectivity index (χ3n) is 5.54. The minimum Gasteiger partial charge on any atom is -0.493 e. The number of methoxy groups -OCH3 is 2. The second kappa shape index (κ2) is 11.4. The molecule has 0 radical (unpaired) electrons. The number of rotatable bonds is 7. The van der Waals surface area contributed by atoms with E-state index in [9.17, 15) is 18.8 Å². The van der Waals surface area contributed by atoms with Gasteiger partial charge < -0.3 is 29.9 Å². The summed E-state index contributed by atoms with van der Waals surface area (Å²) in [6.45, 7) is 2.70. The van der Waals surface area contributed by atoms with E-state index in [1.165, 1.54) is 38.3 Å². The van der Waals surface area contributed by atoms with Crippen molar-refractivity contribution in [1.29, 1.82) is 0 Å². The monoisotopic (exact) mass is 472 g/mol.